The monoisotopic (exact) mass is 475 g/mol. The first-order valence-electron chi connectivity index (χ1n) is 12.1. The van der Waals surface area contributed by atoms with Crippen LogP contribution in [0.3, 0.4) is 0 Å². The quantitative estimate of drug-likeness (QED) is 0.577. The van der Waals surface area contributed by atoms with E-state index in [0.717, 1.165) is 69.7 Å². The number of carbonyl (C=O) groups excluding carboxylic acids is 1. The van der Waals surface area contributed by atoms with Crippen LogP contribution in [0.25, 0.3) is 10.2 Å². The predicted octanol–water partition coefficient (Wildman–Crippen LogP) is 3.71. The summed E-state index contributed by atoms with van der Waals surface area (Å²) in [6, 6.07) is 9.86. The Labute approximate surface area is 203 Å². The Hall–Kier alpha value is -3.02. The van der Waals surface area contributed by atoms with Gasteiger partial charge >= 0.3 is 0 Å². The second-order valence-electron chi connectivity index (χ2n) is 9.26. The highest BCUT2D eigenvalue weighted by atomic mass is 32.1. The average molecular weight is 476 g/mol. The first-order chi connectivity index (χ1) is 16.5. The van der Waals surface area contributed by atoms with E-state index in [1.54, 1.807) is 0 Å². The molecule has 2 aliphatic rings. The molecule has 0 aliphatic carbocycles. The summed E-state index contributed by atoms with van der Waals surface area (Å²) in [7, 11) is 0. The third kappa shape index (κ3) is 4.38. The van der Waals surface area contributed by atoms with Crippen molar-refractivity contribution in [1.29, 1.82) is 5.26 Å². The highest BCUT2D eigenvalue weighted by Crippen LogP contribution is 2.30. The van der Waals surface area contributed by atoms with Crippen molar-refractivity contribution in [3.05, 3.63) is 62.0 Å². The van der Waals surface area contributed by atoms with Gasteiger partial charge in [0.25, 0.3) is 11.5 Å². The van der Waals surface area contributed by atoms with E-state index in [9.17, 15) is 9.59 Å². The molecule has 1 aromatic carbocycles. The van der Waals surface area contributed by atoms with Gasteiger partial charge in [-0.15, -0.1) is 11.3 Å². The molecular weight excluding hydrogens is 446 g/mol. The molecule has 7 nitrogen and oxygen atoms in total. The molecule has 0 atom stereocenters. The Kier molecular flexibility index (Phi) is 6.48. The molecule has 34 heavy (non-hydrogen) atoms. The molecule has 1 fully saturated rings. The molecular formula is C26H29N5O2S. The van der Waals surface area contributed by atoms with E-state index in [1.807, 2.05) is 40.7 Å². The molecule has 2 aromatic heterocycles. The minimum absolute atomic E-state index is 0.0131. The molecule has 0 N–H and O–H groups in total. The largest absolute Gasteiger partial charge is 0.337 e. The zero-order valence-corrected chi connectivity index (χ0v) is 20.4. The van der Waals surface area contributed by atoms with Gasteiger partial charge in [0.05, 0.1) is 21.9 Å². The van der Waals surface area contributed by atoms with E-state index in [0.29, 0.717) is 33.7 Å². The Morgan fingerprint density at radius 1 is 1.06 bits per heavy atom. The van der Waals surface area contributed by atoms with Crippen molar-refractivity contribution in [3.63, 3.8) is 0 Å². The summed E-state index contributed by atoms with van der Waals surface area (Å²) >= 11 is 1.38. The van der Waals surface area contributed by atoms with Crippen LogP contribution < -0.4 is 5.56 Å². The minimum Gasteiger partial charge on any atom is -0.337 e. The van der Waals surface area contributed by atoms with Crippen molar-refractivity contribution in [2.45, 2.75) is 52.1 Å². The fourth-order valence-electron chi connectivity index (χ4n) is 5.03. The van der Waals surface area contributed by atoms with E-state index in [2.05, 4.69) is 11.0 Å². The van der Waals surface area contributed by atoms with Gasteiger partial charge in [0.15, 0.2) is 0 Å². The van der Waals surface area contributed by atoms with Crippen molar-refractivity contribution < 1.29 is 4.79 Å². The van der Waals surface area contributed by atoms with Gasteiger partial charge in [0.1, 0.15) is 10.7 Å². The predicted molar refractivity (Wildman–Crippen MR) is 133 cm³/mol. The molecule has 1 saturated heterocycles. The van der Waals surface area contributed by atoms with Crippen LogP contribution in [0.15, 0.2) is 29.1 Å². The maximum absolute atomic E-state index is 13.5. The van der Waals surface area contributed by atoms with Crippen LogP contribution >= 0.6 is 11.3 Å². The SMILES string of the molecule is Cc1c(C(=O)N2CCCN(Cc3ccc(C#N)cc3)CC2)sc2nc3n(c(=O)c12)CCCCC3. The van der Waals surface area contributed by atoms with E-state index >= 15 is 0 Å². The lowest BCUT2D eigenvalue weighted by Crippen LogP contribution is -2.35. The van der Waals surface area contributed by atoms with Crippen molar-refractivity contribution in [3.8, 4) is 6.07 Å². The molecule has 0 spiro atoms. The summed E-state index contributed by atoms with van der Waals surface area (Å²) in [6.07, 6.45) is 4.91. The average Bonchev–Trinajstić information content (AvgIpc) is 3.03. The number of carbonyl (C=O) groups is 1. The highest BCUT2D eigenvalue weighted by Gasteiger charge is 2.26. The number of fused-ring (bicyclic) bond motifs is 2. The van der Waals surface area contributed by atoms with Crippen molar-refractivity contribution in [2.75, 3.05) is 26.2 Å². The second-order valence-corrected chi connectivity index (χ2v) is 10.3. The smallest absolute Gasteiger partial charge is 0.264 e. The number of nitrogens with zero attached hydrogens (tertiary/aromatic N) is 5. The fourth-order valence-corrected chi connectivity index (χ4v) is 6.19. The second kappa shape index (κ2) is 9.69. The van der Waals surface area contributed by atoms with Gasteiger partial charge in [0, 0.05) is 45.7 Å². The number of thiophene rings is 1. The van der Waals surface area contributed by atoms with Crippen LogP contribution in [-0.4, -0.2) is 51.4 Å². The summed E-state index contributed by atoms with van der Waals surface area (Å²) in [5, 5.41) is 9.61. The third-order valence-electron chi connectivity index (χ3n) is 6.97. The topological polar surface area (TPSA) is 82.2 Å². The van der Waals surface area contributed by atoms with Gasteiger partial charge in [-0.3, -0.25) is 19.1 Å². The molecule has 0 bridgehead atoms. The molecule has 0 unspecified atom stereocenters. The van der Waals surface area contributed by atoms with Crippen molar-refractivity contribution in [2.24, 2.45) is 0 Å². The van der Waals surface area contributed by atoms with Crippen LogP contribution in [0.1, 0.15) is 57.9 Å². The number of aromatic nitrogens is 2. The molecule has 176 valence electrons. The molecule has 0 radical (unpaired) electrons. The lowest BCUT2D eigenvalue weighted by Gasteiger charge is -2.22. The lowest BCUT2D eigenvalue weighted by molar-refractivity contribution is 0.0765. The lowest BCUT2D eigenvalue weighted by atomic mass is 10.1. The van der Waals surface area contributed by atoms with Gasteiger partial charge in [-0.25, -0.2) is 4.98 Å². The van der Waals surface area contributed by atoms with Crippen LogP contribution in [-0.2, 0) is 19.5 Å². The molecule has 1 amide bonds. The van der Waals surface area contributed by atoms with Crippen molar-refractivity contribution >= 4 is 27.5 Å². The highest BCUT2D eigenvalue weighted by molar-refractivity contribution is 7.20. The Bertz CT molecular complexity index is 1320. The summed E-state index contributed by atoms with van der Waals surface area (Å²) < 4.78 is 1.83. The van der Waals surface area contributed by atoms with Crippen LogP contribution in [0.4, 0.5) is 0 Å². The Morgan fingerprint density at radius 2 is 1.88 bits per heavy atom. The zero-order valence-electron chi connectivity index (χ0n) is 19.5. The summed E-state index contributed by atoms with van der Waals surface area (Å²) in [5.74, 6) is 0.879. The fraction of sp³-hybridized carbons (Fsp3) is 0.462. The van der Waals surface area contributed by atoms with Gasteiger partial charge in [-0.1, -0.05) is 18.6 Å². The number of rotatable bonds is 3. The molecule has 4 heterocycles. The first kappa shape index (κ1) is 22.8. The van der Waals surface area contributed by atoms with E-state index in [4.69, 9.17) is 10.2 Å². The minimum atomic E-state index is 0.0131. The van der Waals surface area contributed by atoms with Gasteiger partial charge in [-0.2, -0.15) is 5.26 Å². The standard InChI is InChI=1S/C26H29N5O2S/c1-18-22-24(28-21-6-3-2-4-13-31(21)25(22)32)34-23(18)26(33)30-12-5-11-29(14-15-30)17-20-9-7-19(16-27)8-10-20/h7-10H,2-6,11-15,17H2,1H3. The maximum atomic E-state index is 13.5. The van der Waals surface area contributed by atoms with Crippen LogP contribution in [0.5, 0.6) is 0 Å². The molecule has 0 saturated carbocycles. The van der Waals surface area contributed by atoms with Crippen LogP contribution in [0.2, 0.25) is 0 Å². The molecule has 2 aliphatic heterocycles. The normalized spacial score (nSPS) is 17.1. The number of benzene rings is 1. The summed E-state index contributed by atoms with van der Waals surface area (Å²) in [6.45, 7) is 6.51. The number of aryl methyl sites for hydroxylation is 2. The molecule has 5 rings (SSSR count). The maximum Gasteiger partial charge on any atom is 0.264 e. The summed E-state index contributed by atoms with van der Waals surface area (Å²) in [5.41, 5.74) is 2.63. The Morgan fingerprint density at radius 3 is 2.68 bits per heavy atom. The third-order valence-corrected chi connectivity index (χ3v) is 8.14. The molecule has 3 aromatic rings. The van der Waals surface area contributed by atoms with E-state index in [-0.39, 0.29) is 11.5 Å². The van der Waals surface area contributed by atoms with E-state index < -0.39 is 0 Å². The number of hydrogen-bond donors (Lipinski definition) is 0. The van der Waals surface area contributed by atoms with Gasteiger partial charge < -0.3 is 4.90 Å². The van der Waals surface area contributed by atoms with Crippen molar-refractivity contribution in [1.82, 2.24) is 19.4 Å². The first-order valence-corrected chi connectivity index (χ1v) is 12.9. The van der Waals surface area contributed by atoms with E-state index in [1.165, 1.54) is 16.9 Å². The zero-order chi connectivity index (χ0) is 23.7. The Balaban J connectivity index is 1.33. The summed E-state index contributed by atoms with van der Waals surface area (Å²) in [4.78, 5) is 37.2. The number of nitriles is 1. The van der Waals surface area contributed by atoms with Gasteiger partial charge in [-0.05, 0) is 49.4 Å². The van der Waals surface area contributed by atoms with Gasteiger partial charge in [0.2, 0.25) is 0 Å². The number of amides is 1. The molecule has 8 heteroatoms. The van der Waals surface area contributed by atoms with Crippen LogP contribution in [0, 0.1) is 18.3 Å². The number of hydrogen-bond acceptors (Lipinski definition) is 6.